The van der Waals surface area contributed by atoms with Gasteiger partial charge in [-0.1, -0.05) is 23.2 Å². The van der Waals surface area contributed by atoms with E-state index in [1.54, 1.807) is 12.1 Å². The van der Waals surface area contributed by atoms with Crippen LogP contribution in [0.1, 0.15) is 45.4 Å². The van der Waals surface area contributed by atoms with Crippen molar-refractivity contribution in [3.63, 3.8) is 0 Å². The molecule has 40 heavy (non-hydrogen) atoms. The zero-order valence-electron chi connectivity index (χ0n) is 22.4. The van der Waals surface area contributed by atoms with Crippen LogP contribution in [0.25, 0.3) is 11.0 Å². The summed E-state index contributed by atoms with van der Waals surface area (Å²) in [5, 5.41) is 4.32. The van der Waals surface area contributed by atoms with E-state index in [4.69, 9.17) is 51.3 Å². The number of carbonyl (C=O) groups excluding carboxylic acids is 1. The van der Waals surface area contributed by atoms with E-state index in [2.05, 4.69) is 10.3 Å². The van der Waals surface area contributed by atoms with E-state index in [1.165, 1.54) is 32.5 Å². The molecule has 3 aromatic rings. The molecule has 3 heterocycles. The molecule has 2 aromatic heterocycles. The fourth-order valence-corrected chi connectivity index (χ4v) is 4.80. The summed E-state index contributed by atoms with van der Waals surface area (Å²) in [4.78, 5) is 27.4. The van der Waals surface area contributed by atoms with Crippen molar-refractivity contribution >= 4 is 51.5 Å². The van der Waals surface area contributed by atoms with Crippen LogP contribution in [-0.2, 0) is 19.0 Å². The summed E-state index contributed by atoms with van der Waals surface area (Å²) in [5.41, 5.74) is 0.540. The summed E-state index contributed by atoms with van der Waals surface area (Å²) in [6.45, 7) is 2.57. The van der Waals surface area contributed by atoms with Gasteiger partial charge in [0.1, 0.15) is 6.61 Å². The average Bonchev–Trinajstić information content (AvgIpc) is 2.93. The maximum atomic E-state index is 12.5. The minimum Gasteiger partial charge on any atom is -0.493 e. The molecule has 1 aliphatic rings. The van der Waals surface area contributed by atoms with Crippen molar-refractivity contribution in [1.82, 2.24) is 4.98 Å². The molecular weight excluding hydrogens is 563 g/mol. The summed E-state index contributed by atoms with van der Waals surface area (Å²) >= 11 is 12.5. The van der Waals surface area contributed by atoms with Crippen LogP contribution in [0.15, 0.2) is 39.8 Å². The van der Waals surface area contributed by atoms with Gasteiger partial charge < -0.3 is 33.4 Å². The van der Waals surface area contributed by atoms with E-state index in [1.807, 2.05) is 0 Å². The maximum absolute atomic E-state index is 12.5. The number of halogens is 2. The molecule has 12 heteroatoms. The Hall–Kier alpha value is -3.05. The topological polar surface area (TPSA) is 118 Å². The molecule has 4 rings (SSSR count). The molecule has 0 bridgehead atoms. The summed E-state index contributed by atoms with van der Waals surface area (Å²) in [6, 6.07) is 4.82. The molecule has 1 N–H and O–H groups in total. The Labute approximate surface area is 241 Å². The summed E-state index contributed by atoms with van der Waals surface area (Å²) in [7, 11) is 1.52. The number of rotatable bonds is 13. The molecular formula is C28H32Cl2N2O8. The van der Waals surface area contributed by atoms with Crippen LogP contribution in [-0.4, -0.2) is 50.3 Å². The first-order chi connectivity index (χ1) is 19.4. The van der Waals surface area contributed by atoms with Crippen LogP contribution in [0.5, 0.6) is 11.5 Å². The third-order valence-electron chi connectivity index (χ3n) is 6.29. The minimum atomic E-state index is -0.577. The van der Waals surface area contributed by atoms with E-state index >= 15 is 0 Å². The smallest absolute Gasteiger partial charge is 0.338 e. The quantitative estimate of drug-likeness (QED) is 0.138. The maximum Gasteiger partial charge on any atom is 0.338 e. The number of esters is 1. The van der Waals surface area contributed by atoms with Crippen LogP contribution in [0.3, 0.4) is 0 Å². The van der Waals surface area contributed by atoms with Crippen molar-refractivity contribution in [2.24, 2.45) is 0 Å². The molecule has 1 fully saturated rings. The second-order valence-electron chi connectivity index (χ2n) is 9.26. The molecule has 0 unspecified atom stereocenters. The molecule has 0 radical (unpaired) electrons. The highest BCUT2D eigenvalue weighted by Crippen LogP contribution is 2.40. The fraction of sp³-hybridized carbons (Fsp3) is 0.464. The lowest BCUT2D eigenvalue weighted by atomic mass is 10.1. The average molecular weight is 595 g/mol. The predicted octanol–water partition coefficient (Wildman–Crippen LogP) is 6.27. The number of nitrogens with zero attached hydrogens (tertiary/aromatic N) is 1. The standard InChI is InChI=1S/C28H32Cl2N2O8/c1-17(33)38-16-18-7-6-8-25(39-18)36-11-4-3-5-12-37-28-23(35-2)10-9-19-22(13-24(34)40-27(19)28)32-26-20(29)14-31-15-21(26)30/h9-10,13-15,18,25H,3-8,11-12,16H2,1-2H3,(H,31,32)/t18-,25-/m1/s1. The summed E-state index contributed by atoms with van der Waals surface area (Å²) in [6.07, 6.45) is 7.56. The van der Waals surface area contributed by atoms with Gasteiger partial charge in [0, 0.05) is 37.4 Å². The number of ether oxygens (including phenoxy) is 5. The normalized spacial score (nSPS) is 17.0. The number of pyridine rings is 1. The predicted molar refractivity (Wildman–Crippen MR) is 151 cm³/mol. The van der Waals surface area contributed by atoms with Gasteiger partial charge >= 0.3 is 11.6 Å². The highest BCUT2D eigenvalue weighted by atomic mass is 35.5. The SMILES string of the molecule is COc1ccc2c(Nc3c(Cl)cncc3Cl)cc(=O)oc2c1OCCCCCO[C@H]1CCC[C@H](COC(C)=O)O1. The number of unbranched alkanes of at least 4 members (excludes halogenated alkanes) is 2. The fourth-order valence-electron chi connectivity index (χ4n) is 4.34. The molecule has 1 saturated heterocycles. The number of benzene rings is 1. The second-order valence-corrected chi connectivity index (χ2v) is 10.1. The third kappa shape index (κ3) is 8.00. The monoisotopic (exact) mass is 594 g/mol. The number of carbonyl (C=O) groups is 1. The molecule has 216 valence electrons. The van der Waals surface area contributed by atoms with Crippen LogP contribution in [0.4, 0.5) is 11.4 Å². The van der Waals surface area contributed by atoms with Crippen molar-refractivity contribution in [2.75, 3.05) is 32.2 Å². The van der Waals surface area contributed by atoms with Crippen LogP contribution < -0.4 is 20.4 Å². The Balaban J connectivity index is 1.32. The van der Waals surface area contributed by atoms with E-state index < -0.39 is 5.63 Å². The zero-order valence-corrected chi connectivity index (χ0v) is 23.9. The Morgan fingerprint density at radius 1 is 1.12 bits per heavy atom. The van der Waals surface area contributed by atoms with Crippen LogP contribution in [0, 0.1) is 0 Å². The molecule has 1 aromatic carbocycles. The number of hydrogen-bond donors (Lipinski definition) is 1. The lowest BCUT2D eigenvalue weighted by Crippen LogP contribution is -2.33. The van der Waals surface area contributed by atoms with Crippen molar-refractivity contribution in [1.29, 1.82) is 0 Å². The van der Waals surface area contributed by atoms with E-state index in [9.17, 15) is 9.59 Å². The van der Waals surface area contributed by atoms with Crippen molar-refractivity contribution in [3.05, 3.63) is 51.1 Å². The van der Waals surface area contributed by atoms with Gasteiger partial charge in [-0.05, 0) is 50.7 Å². The molecule has 0 saturated carbocycles. The van der Waals surface area contributed by atoms with Gasteiger partial charge in [-0.2, -0.15) is 0 Å². The molecule has 2 atom stereocenters. The molecule has 0 aliphatic carbocycles. The first-order valence-electron chi connectivity index (χ1n) is 13.1. The highest BCUT2D eigenvalue weighted by Gasteiger charge is 2.23. The van der Waals surface area contributed by atoms with Crippen molar-refractivity contribution < 1.29 is 32.9 Å². The van der Waals surface area contributed by atoms with Gasteiger partial charge in [0.25, 0.3) is 0 Å². The zero-order chi connectivity index (χ0) is 28.5. The van der Waals surface area contributed by atoms with Crippen LogP contribution >= 0.6 is 23.2 Å². The third-order valence-corrected chi connectivity index (χ3v) is 6.86. The molecule has 0 amide bonds. The van der Waals surface area contributed by atoms with E-state index in [0.29, 0.717) is 51.5 Å². The number of hydrogen-bond acceptors (Lipinski definition) is 10. The van der Waals surface area contributed by atoms with Gasteiger partial charge in [0.2, 0.25) is 5.75 Å². The first-order valence-corrected chi connectivity index (χ1v) is 13.9. The minimum absolute atomic E-state index is 0.124. The summed E-state index contributed by atoms with van der Waals surface area (Å²) < 4.78 is 33.8. The second kappa shape index (κ2) is 14.5. The molecule has 10 nitrogen and oxygen atoms in total. The van der Waals surface area contributed by atoms with Gasteiger partial charge in [-0.15, -0.1) is 0 Å². The molecule has 1 aliphatic heterocycles. The van der Waals surface area contributed by atoms with Gasteiger partial charge in [-0.3, -0.25) is 9.78 Å². The Bertz CT molecular complexity index is 1350. The van der Waals surface area contributed by atoms with E-state index in [0.717, 1.165) is 38.5 Å². The van der Waals surface area contributed by atoms with Gasteiger partial charge in [-0.25, -0.2) is 4.79 Å². The number of methoxy groups -OCH3 is 1. The summed E-state index contributed by atoms with van der Waals surface area (Å²) in [5.74, 6) is 0.459. The first kappa shape index (κ1) is 29.9. The Morgan fingerprint density at radius 3 is 2.65 bits per heavy atom. The molecule has 0 spiro atoms. The van der Waals surface area contributed by atoms with Gasteiger partial charge in [0.05, 0.1) is 41.2 Å². The Morgan fingerprint density at radius 2 is 1.90 bits per heavy atom. The Kier molecular flexibility index (Phi) is 10.9. The lowest BCUT2D eigenvalue weighted by molar-refractivity contribution is -0.205. The highest BCUT2D eigenvalue weighted by molar-refractivity contribution is 6.39. The van der Waals surface area contributed by atoms with Crippen molar-refractivity contribution in [2.45, 2.75) is 57.8 Å². The largest absolute Gasteiger partial charge is 0.493 e. The van der Waals surface area contributed by atoms with E-state index in [-0.39, 0.29) is 30.6 Å². The number of aromatic nitrogens is 1. The van der Waals surface area contributed by atoms with Crippen LogP contribution in [0.2, 0.25) is 10.0 Å². The van der Waals surface area contributed by atoms with Crippen molar-refractivity contribution in [3.8, 4) is 11.5 Å². The van der Waals surface area contributed by atoms with Gasteiger partial charge in [0.15, 0.2) is 17.6 Å². The lowest BCUT2D eigenvalue weighted by Gasteiger charge is -2.29. The number of fused-ring (bicyclic) bond motifs is 1. The number of nitrogens with one attached hydrogen (secondary N) is 1. The number of anilines is 2.